The Morgan fingerprint density at radius 1 is 0.270 bits per heavy atom. The zero-order chi connectivity index (χ0) is 82.4. The number of para-hydroxylation sites is 8. The van der Waals surface area contributed by atoms with E-state index < -0.39 is 24.3 Å². The van der Waals surface area contributed by atoms with Crippen LogP contribution in [0.5, 0.6) is 46.0 Å². The van der Waals surface area contributed by atoms with Gasteiger partial charge in [0.2, 0.25) is 0 Å². The Hall–Kier alpha value is -10.4. The summed E-state index contributed by atoms with van der Waals surface area (Å²) in [7, 11) is 0. The largest absolute Gasteiger partial charge is 2.00 e. The molecule has 0 spiro atoms. The molecule has 20 nitrogen and oxygen atoms in total. The summed E-state index contributed by atoms with van der Waals surface area (Å²) in [6.07, 6.45) is -4.17. The van der Waals surface area contributed by atoms with Gasteiger partial charge in [0.1, 0.15) is 46.0 Å². The second-order valence-electron chi connectivity index (χ2n) is 28.3. The fourth-order valence-electron chi connectivity index (χ4n) is 12.5. The molecule has 0 aliphatic heterocycles. The smallest absolute Gasteiger partial charge is 0.546 e. The third-order valence-corrected chi connectivity index (χ3v) is 16.5. The number of alkyl halides is 4. The maximum absolute atomic E-state index is 13.8. The van der Waals surface area contributed by atoms with Gasteiger partial charge in [-0.1, -0.05) is 97.1 Å². The van der Waals surface area contributed by atoms with Gasteiger partial charge in [-0.15, -0.1) is 46.4 Å². The van der Waals surface area contributed by atoms with Crippen LogP contribution in [0.3, 0.4) is 0 Å². The summed E-state index contributed by atoms with van der Waals surface area (Å²) < 4.78 is 55.6. The van der Waals surface area contributed by atoms with Crippen molar-refractivity contribution in [2.75, 3.05) is 10.7 Å². The normalized spacial score (nSPS) is 11.2. The van der Waals surface area contributed by atoms with Crippen LogP contribution in [0.4, 0.5) is 0 Å². The second kappa shape index (κ2) is 42.8. The molecule has 0 amide bonds. The molecule has 0 aliphatic rings. The number of halogens is 4. The molecule has 0 unspecified atom stereocenters. The first kappa shape index (κ1) is 90.2. The predicted octanol–water partition coefficient (Wildman–Crippen LogP) is 20.2. The van der Waals surface area contributed by atoms with E-state index in [-0.39, 0.29) is 76.6 Å². The van der Waals surface area contributed by atoms with Crippen molar-refractivity contribution in [3.63, 3.8) is 0 Å². The maximum Gasteiger partial charge on any atom is 2.00 e. The van der Waals surface area contributed by atoms with Gasteiger partial charge in [-0.2, -0.15) is 20.4 Å². The number of carbonyl (C=O) groups excluding carboxylic acids is 2. The molecule has 605 valence electrons. The van der Waals surface area contributed by atoms with Gasteiger partial charge >= 0.3 is 17.1 Å². The quantitative estimate of drug-likeness (QED) is 0.0301. The molecular weight excluding hydrogens is 1580 g/mol. The molecule has 12 rings (SSSR count). The van der Waals surface area contributed by atoms with E-state index in [9.17, 15) is 19.8 Å². The SMILES string of the molecule is CC(C)Oc1ccccc1-c1cc(-c2ccccc2OC(C)C)n(C(C(=O)[O-])n2nc(-c3ccccc3OC(C)C)cc2-c2ccccc2OC(C)C)n1.CC(C)Oc1ccccc1-c1cc(-c2ccccc2OC(C)C)n(C(C(=O)[O-])n2nc(-c3ccccc3OC(C)C)cc2-c2ccccc2OC(C)C)n1.ClCCl.ClCCl.[Mn+2]. The zero-order valence-electron chi connectivity index (χ0n) is 67.3. The third-order valence-electron chi connectivity index (χ3n) is 16.5. The van der Waals surface area contributed by atoms with E-state index in [4.69, 9.17) is 105 Å². The van der Waals surface area contributed by atoms with Crippen molar-refractivity contribution in [3.05, 3.63) is 218 Å². The Labute approximate surface area is 704 Å². The van der Waals surface area contributed by atoms with E-state index >= 15 is 0 Å². The van der Waals surface area contributed by atoms with Gasteiger partial charge in [-0.05, 0) is 232 Å². The Morgan fingerprint density at radius 3 is 0.539 bits per heavy atom. The van der Waals surface area contributed by atoms with Crippen molar-refractivity contribution in [3.8, 4) is 136 Å². The fourth-order valence-corrected chi connectivity index (χ4v) is 12.5. The molecule has 0 N–H and O–H groups in total. The number of hydrogen-bond donors (Lipinski definition) is 0. The molecule has 0 fully saturated rings. The summed E-state index contributed by atoms with van der Waals surface area (Å²) >= 11 is 19.1. The van der Waals surface area contributed by atoms with Gasteiger partial charge in [0.05, 0.1) is 117 Å². The molecule has 0 atom stereocenters. The van der Waals surface area contributed by atoms with Gasteiger partial charge in [-0.3, -0.25) is 0 Å². The second-order valence-corrected chi connectivity index (χ2v) is 29.9. The van der Waals surface area contributed by atoms with Crippen molar-refractivity contribution in [2.24, 2.45) is 0 Å². The minimum absolute atomic E-state index is 0. The van der Waals surface area contributed by atoms with Gasteiger partial charge < -0.3 is 57.7 Å². The van der Waals surface area contributed by atoms with Crippen molar-refractivity contribution in [1.82, 2.24) is 39.1 Å². The summed E-state index contributed by atoms with van der Waals surface area (Å²) in [5.74, 6) is 1.89. The monoisotopic (exact) mass is 1680 g/mol. The van der Waals surface area contributed by atoms with Crippen molar-refractivity contribution >= 4 is 58.3 Å². The fraction of sp³-hybridized carbons (Fsp3) is 0.311. The van der Waals surface area contributed by atoms with Crippen molar-refractivity contribution in [1.29, 1.82) is 0 Å². The van der Waals surface area contributed by atoms with Gasteiger partial charge in [0.15, 0.2) is 12.3 Å². The van der Waals surface area contributed by atoms with Gasteiger partial charge in [0.25, 0.3) is 0 Å². The molecule has 4 heterocycles. The Balaban J connectivity index is 0.000000267. The average molecular weight is 1680 g/mol. The first-order chi connectivity index (χ1) is 54.6. The molecule has 8 aromatic carbocycles. The molecule has 0 saturated heterocycles. The molecule has 25 heteroatoms. The molecule has 12 aromatic rings. The Kier molecular flexibility index (Phi) is 33.6. The first-order valence-corrected chi connectivity index (χ1v) is 39.9. The molecule has 0 bridgehead atoms. The maximum atomic E-state index is 13.8. The summed E-state index contributed by atoms with van der Waals surface area (Å²) in [5, 5.41) is 48.0. The van der Waals surface area contributed by atoms with Crippen LogP contribution in [-0.4, -0.2) is 111 Å². The number of carboxylic acids is 2. The van der Waals surface area contributed by atoms with Crippen molar-refractivity contribution < 1.29 is 74.8 Å². The predicted molar refractivity (Wildman–Crippen MR) is 451 cm³/mol. The topological polar surface area (TPSA) is 225 Å². The summed E-state index contributed by atoms with van der Waals surface area (Å²) in [4.78, 5) is 27.5. The molecule has 1 radical (unpaired) electrons. The number of nitrogens with zero attached hydrogens (tertiary/aromatic N) is 8. The molecule has 0 aliphatic carbocycles. The van der Waals surface area contributed by atoms with Crippen LogP contribution in [0.1, 0.15) is 123 Å². The number of carbonyl (C=O) groups is 2. The van der Waals surface area contributed by atoms with E-state index in [2.05, 4.69) is 0 Å². The van der Waals surface area contributed by atoms with Crippen LogP contribution >= 0.6 is 46.4 Å². The Morgan fingerprint density at radius 2 is 0.400 bits per heavy atom. The molecule has 115 heavy (non-hydrogen) atoms. The van der Waals surface area contributed by atoms with E-state index in [1.807, 2.05) is 329 Å². The average Bonchev–Trinajstić information content (AvgIpc) is 1.61. The third kappa shape index (κ3) is 23.4. The van der Waals surface area contributed by atoms with Crippen LogP contribution in [0.25, 0.3) is 90.1 Å². The van der Waals surface area contributed by atoms with Crippen LogP contribution in [0, 0.1) is 0 Å². The van der Waals surface area contributed by atoms with Crippen LogP contribution in [0.2, 0.25) is 0 Å². The van der Waals surface area contributed by atoms with E-state index in [0.717, 1.165) is 0 Å². The number of hydrogen-bond acceptors (Lipinski definition) is 16. The molecular formula is C90H98Cl4MnN8O12. The van der Waals surface area contributed by atoms with E-state index in [0.29, 0.717) is 136 Å². The minimum Gasteiger partial charge on any atom is -0.546 e. The number of ether oxygens (including phenoxy) is 8. The molecule has 0 saturated carbocycles. The standard InChI is InChI=1S/2C44H48N4O6.2CH2Cl2.Mn/c2*1-27(2)51-39-21-13-9-17-31(39)35-25-37(33-19-11-15-23-41(33)53-29(5)6)47(45-35)43(44(49)50)48-38(34-20-12-16-24-42(34)54-30(7)8)26-36(46-48)32-18-10-14-22-40(32)52-28(3)4;2*2-1-3;/h2*9-30,43H,1-8H3,(H,49,50);2*1H2;/q;;;;+2/p-2. The number of aliphatic carboxylic acids is 2. The number of benzene rings is 8. The first-order valence-electron chi connectivity index (χ1n) is 37.8. The van der Waals surface area contributed by atoms with Gasteiger partial charge in [0, 0.05) is 44.5 Å². The van der Waals surface area contributed by atoms with E-state index in [1.54, 1.807) is 0 Å². The summed E-state index contributed by atoms with van der Waals surface area (Å²) in [6.45, 7) is 31.2. The Bertz CT molecular complexity index is 4520. The number of aromatic nitrogens is 8. The van der Waals surface area contributed by atoms with Gasteiger partial charge in [-0.25, -0.2) is 18.7 Å². The number of carboxylic acid groups (broad SMARTS) is 2. The zero-order valence-corrected chi connectivity index (χ0v) is 71.5. The van der Waals surface area contributed by atoms with Crippen molar-refractivity contribution in [2.45, 2.75) is 172 Å². The summed E-state index contributed by atoms with van der Waals surface area (Å²) in [5.41, 5.74) is 9.29. The summed E-state index contributed by atoms with van der Waals surface area (Å²) in [6, 6.07) is 67.7. The van der Waals surface area contributed by atoms with Crippen LogP contribution in [0.15, 0.2) is 218 Å². The minimum atomic E-state index is -1.58. The van der Waals surface area contributed by atoms with E-state index in [1.165, 1.54) is 18.7 Å². The van der Waals surface area contributed by atoms with Crippen LogP contribution < -0.4 is 48.1 Å². The molecule has 4 aromatic heterocycles. The van der Waals surface area contributed by atoms with Crippen LogP contribution in [-0.2, 0) is 26.7 Å². The number of rotatable bonds is 30.